The molecule has 1 heterocycles. The number of phenols is 1. The fourth-order valence-corrected chi connectivity index (χ4v) is 3.03. The summed E-state index contributed by atoms with van der Waals surface area (Å²) >= 11 is 3.12. The van der Waals surface area contributed by atoms with Crippen molar-refractivity contribution in [1.29, 1.82) is 0 Å². The van der Waals surface area contributed by atoms with Crippen LogP contribution in [0.15, 0.2) is 62.2 Å². The molecule has 0 saturated heterocycles. The van der Waals surface area contributed by atoms with Crippen LogP contribution in [0.1, 0.15) is 11.1 Å². The molecule has 1 aromatic heterocycles. The van der Waals surface area contributed by atoms with Crippen molar-refractivity contribution < 1.29 is 19.4 Å². The molecule has 0 aliphatic rings. The van der Waals surface area contributed by atoms with E-state index in [1.54, 1.807) is 12.1 Å². The van der Waals surface area contributed by atoms with Crippen LogP contribution in [0.4, 0.5) is 0 Å². The van der Waals surface area contributed by atoms with Crippen LogP contribution in [0.2, 0.25) is 0 Å². The van der Waals surface area contributed by atoms with Crippen LogP contribution in [0.5, 0.6) is 5.75 Å². The Bertz CT molecular complexity index is 1000. The third kappa shape index (κ3) is 3.95. The van der Waals surface area contributed by atoms with Gasteiger partial charge in [-0.1, -0.05) is 30.3 Å². The zero-order valence-corrected chi connectivity index (χ0v) is 15.2. The van der Waals surface area contributed by atoms with Gasteiger partial charge in [-0.3, -0.25) is 10.1 Å². The number of aliphatic carboxylic acids is 1. The number of rotatable bonds is 6. The standard InChI is InChI=1S/C19H16BrNO5/c20-14-9-12-6-7-16(22)13(17(12)26-19(14)25)10-21-15(18(23)24)8-11-4-2-1-3-5-11/h1-7,9,15,21-22H,8,10H2,(H,23,24)/t15-/m0/s1. The Hall–Kier alpha value is -2.64. The average Bonchev–Trinajstić information content (AvgIpc) is 2.62. The fraction of sp³-hybridized carbons (Fsp3) is 0.158. The van der Waals surface area contributed by atoms with Crippen molar-refractivity contribution >= 4 is 32.9 Å². The minimum Gasteiger partial charge on any atom is -0.507 e. The molecule has 134 valence electrons. The van der Waals surface area contributed by atoms with Crippen LogP contribution in [-0.4, -0.2) is 22.2 Å². The minimum atomic E-state index is -1.00. The number of hydrogen-bond acceptors (Lipinski definition) is 5. The van der Waals surface area contributed by atoms with Crippen LogP contribution in [0, 0.1) is 0 Å². The van der Waals surface area contributed by atoms with Crippen LogP contribution in [-0.2, 0) is 17.8 Å². The number of aromatic hydroxyl groups is 1. The van der Waals surface area contributed by atoms with Crippen molar-refractivity contribution in [3.8, 4) is 5.75 Å². The summed E-state index contributed by atoms with van der Waals surface area (Å²) in [4.78, 5) is 23.3. The molecule has 3 rings (SSSR count). The lowest BCUT2D eigenvalue weighted by molar-refractivity contribution is -0.139. The lowest BCUT2D eigenvalue weighted by Crippen LogP contribution is -2.38. The van der Waals surface area contributed by atoms with Crippen molar-refractivity contribution in [1.82, 2.24) is 5.32 Å². The van der Waals surface area contributed by atoms with Crippen molar-refractivity contribution in [3.05, 3.63) is 74.6 Å². The second-order valence-corrected chi connectivity index (χ2v) is 6.68. The predicted molar refractivity (Wildman–Crippen MR) is 100 cm³/mol. The molecule has 2 aromatic carbocycles. The third-order valence-corrected chi connectivity index (χ3v) is 4.60. The summed E-state index contributed by atoms with van der Waals surface area (Å²) in [7, 11) is 0. The molecule has 26 heavy (non-hydrogen) atoms. The molecule has 6 nitrogen and oxygen atoms in total. The molecular weight excluding hydrogens is 402 g/mol. The summed E-state index contributed by atoms with van der Waals surface area (Å²) in [5.74, 6) is -1.07. The van der Waals surface area contributed by atoms with Crippen LogP contribution in [0.3, 0.4) is 0 Å². The molecule has 0 spiro atoms. The highest BCUT2D eigenvalue weighted by molar-refractivity contribution is 9.10. The van der Waals surface area contributed by atoms with Gasteiger partial charge >= 0.3 is 11.6 Å². The van der Waals surface area contributed by atoms with Gasteiger partial charge in [-0.05, 0) is 46.1 Å². The highest BCUT2D eigenvalue weighted by atomic mass is 79.9. The molecule has 0 aliphatic heterocycles. The van der Waals surface area contributed by atoms with Gasteiger partial charge in [-0.15, -0.1) is 0 Å². The first-order chi connectivity index (χ1) is 12.5. The first kappa shape index (κ1) is 18.2. The Balaban J connectivity index is 1.87. The number of halogens is 1. The molecule has 0 aliphatic carbocycles. The molecule has 0 bridgehead atoms. The first-order valence-corrected chi connectivity index (χ1v) is 8.69. The quantitative estimate of drug-likeness (QED) is 0.533. The monoisotopic (exact) mass is 417 g/mol. The number of phenolic OH excluding ortho intramolecular Hbond substituents is 1. The Kier molecular flexibility index (Phi) is 5.39. The summed E-state index contributed by atoms with van der Waals surface area (Å²) in [5.41, 5.74) is 0.884. The van der Waals surface area contributed by atoms with Crippen LogP contribution in [0.25, 0.3) is 11.0 Å². The molecule has 0 amide bonds. The van der Waals surface area contributed by atoms with Crippen molar-refractivity contribution in [2.24, 2.45) is 0 Å². The zero-order chi connectivity index (χ0) is 18.7. The molecule has 0 radical (unpaired) electrons. The number of fused-ring (bicyclic) bond motifs is 1. The maximum atomic E-state index is 11.8. The van der Waals surface area contributed by atoms with Crippen LogP contribution >= 0.6 is 15.9 Å². The van der Waals surface area contributed by atoms with Gasteiger partial charge in [-0.25, -0.2) is 4.79 Å². The zero-order valence-electron chi connectivity index (χ0n) is 13.6. The van der Waals surface area contributed by atoms with Gasteiger partial charge in [0.2, 0.25) is 0 Å². The van der Waals surface area contributed by atoms with Gasteiger partial charge in [0, 0.05) is 11.9 Å². The summed E-state index contributed by atoms with van der Waals surface area (Å²) in [6, 6.07) is 13.1. The van der Waals surface area contributed by atoms with E-state index in [-0.39, 0.29) is 28.8 Å². The Morgan fingerprint density at radius 2 is 1.92 bits per heavy atom. The molecule has 3 N–H and O–H groups in total. The summed E-state index contributed by atoms with van der Waals surface area (Å²) in [6.45, 7) is 0.0392. The molecule has 0 fully saturated rings. The lowest BCUT2D eigenvalue weighted by atomic mass is 10.0. The summed E-state index contributed by atoms with van der Waals surface area (Å²) in [6.07, 6.45) is 0.289. The molecule has 0 unspecified atom stereocenters. The third-order valence-electron chi connectivity index (χ3n) is 4.04. The predicted octanol–water partition coefficient (Wildman–Crippen LogP) is 3.05. The molecule has 0 saturated carbocycles. The van der Waals surface area contributed by atoms with E-state index in [0.29, 0.717) is 10.9 Å². The molecular formula is C19H16BrNO5. The van der Waals surface area contributed by atoms with Crippen molar-refractivity contribution in [3.63, 3.8) is 0 Å². The van der Waals surface area contributed by atoms with Crippen molar-refractivity contribution in [2.45, 2.75) is 19.0 Å². The number of benzene rings is 2. The smallest absolute Gasteiger partial charge is 0.350 e. The van der Waals surface area contributed by atoms with E-state index >= 15 is 0 Å². The number of nitrogens with one attached hydrogen (secondary N) is 1. The lowest BCUT2D eigenvalue weighted by Gasteiger charge is -2.16. The fourth-order valence-electron chi connectivity index (χ4n) is 2.70. The normalized spacial score (nSPS) is 12.2. The van der Waals surface area contributed by atoms with E-state index in [1.807, 2.05) is 30.3 Å². The number of hydrogen-bond donors (Lipinski definition) is 3. The van der Waals surface area contributed by atoms with Gasteiger partial charge in [0.1, 0.15) is 21.8 Å². The van der Waals surface area contributed by atoms with E-state index in [2.05, 4.69) is 21.2 Å². The van der Waals surface area contributed by atoms with Gasteiger partial charge in [0.15, 0.2) is 0 Å². The number of carbonyl (C=O) groups is 1. The molecule has 7 heteroatoms. The summed E-state index contributed by atoms with van der Waals surface area (Å²) in [5, 5.41) is 23.2. The molecule has 3 aromatic rings. The Morgan fingerprint density at radius 1 is 1.19 bits per heavy atom. The van der Waals surface area contributed by atoms with E-state index in [4.69, 9.17) is 4.42 Å². The molecule has 1 atom stereocenters. The summed E-state index contributed by atoms with van der Waals surface area (Å²) < 4.78 is 5.55. The number of carboxylic acid groups (broad SMARTS) is 1. The first-order valence-electron chi connectivity index (χ1n) is 7.90. The Morgan fingerprint density at radius 3 is 2.62 bits per heavy atom. The second-order valence-electron chi connectivity index (χ2n) is 5.82. The van der Waals surface area contributed by atoms with Gasteiger partial charge in [-0.2, -0.15) is 0 Å². The van der Waals surface area contributed by atoms with Gasteiger partial charge in [0.05, 0.1) is 5.56 Å². The van der Waals surface area contributed by atoms with Gasteiger partial charge < -0.3 is 14.6 Å². The Labute approximate surface area is 157 Å². The van der Waals surface area contributed by atoms with E-state index in [9.17, 15) is 19.8 Å². The van der Waals surface area contributed by atoms with Gasteiger partial charge in [0.25, 0.3) is 0 Å². The highest BCUT2D eigenvalue weighted by Gasteiger charge is 2.19. The SMILES string of the molecule is O=C(O)[C@H](Cc1ccccc1)NCc1c(O)ccc2cc(Br)c(=O)oc12. The van der Waals surface area contributed by atoms with E-state index in [0.717, 1.165) is 5.56 Å². The number of carboxylic acids is 1. The minimum absolute atomic E-state index is 0.0392. The van der Waals surface area contributed by atoms with Crippen molar-refractivity contribution in [2.75, 3.05) is 0 Å². The second kappa shape index (κ2) is 7.72. The van der Waals surface area contributed by atoms with E-state index in [1.165, 1.54) is 6.07 Å². The maximum absolute atomic E-state index is 11.8. The largest absolute Gasteiger partial charge is 0.507 e. The van der Waals surface area contributed by atoms with E-state index < -0.39 is 17.6 Å². The maximum Gasteiger partial charge on any atom is 0.350 e. The average molecular weight is 418 g/mol. The topological polar surface area (TPSA) is 99.8 Å². The highest BCUT2D eigenvalue weighted by Crippen LogP contribution is 2.27. The van der Waals surface area contributed by atoms with Crippen LogP contribution < -0.4 is 10.9 Å².